The number of pyridine rings is 2. The van der Waals surface area contributed by atoms with E-state index < -0.39 is 0 Å². The summed E-state index contributed by atoms with van der Waals surface area (Å²) in [5.41, 5.74) is 2.15. The number of ether oxygens (including phenoxy) is 1. The molecule has 0 bridgehead atoms. The predicted molar refractivity (Wildman–Crippen MR) is 148 cm³/mol. The maximum Gasteiger partial charge on any atom is 0.258 e. The molecule has 0 unspecified atom stereocenters. The molecule has 2 fully saturated rings. The fourth-order valence-corrected chi connectivity index (χ4v) is 6.55. The van der Waals surface area contributed by atoms with Gasteiger partial charge in [-0.2, -0.15) is 0 Å². The average molecular weight is 521 g/mol. The van der Waals surface area contributed by atoms with Crippen LogP contribution >= 0.6 is 11.3 Å². The van der Waals surface area contributed by atoms with Gasteiger partial charge in [0.2, 0.25) is 5.43 Å². The molecule has 0 radical (unpaired) electrons. The highest BCUT2D eigenvalue weighted by Crippen LogP contribution is 2.32. The van der Waals surface area contributed by atoms with Crippen molar-refractivity contribution in [1.29, 1.82) is 0 Å². The molecular formula is C27H32N6O3S. The number of benzene rings is 1. The lowest BCUT2D eigenvalue weighted by molar-refractivity contribution is 0.0383. The Morgan fingerprint density at radius 3 is 2.59 bits per heavy atom. The van der Waals surface area contributed by atoms with E-state index in [9.17, 15) is 9.59 Å². The molecule has 0 atom stereocenters. The zero-order valence-electron chi connectivity index (χ0n) is 20.9. The Hall–Kier alpha value is -3.05. The van der Waals surface area contributed by atoms with Crippen LogP contribution in [0.4, 0.5) is 5.69 Å². The minimum atomic E-state index is -0.337. The maximum absolute atomic E-state index is 14.0. The molecule has 5 heterocycles. The number of aromatic nitrogens is 2. The number of nitrogens with zero attached hydrogens (tertiary/aromatic N) is 4. The Morgan fingerprint density at radius 1 is 1.00 bits per heavy atom. The van der Waals surface area contributed by atoms with E-state index >= 15 is 0 Å². The van der Waals surface area contributed by atoms with Gasteiger partial charge in [-0.1, -0.05) is 12.1 Å². The fourth-order valence-electron chi connectivity index (χ4n) is 5.37. The Bertz CT molecular complexity index is 1490. The van der Waals surface area contributed by atoms with E-state index in [0.29, 0.717) is 35.6 Å². The van der Waals surface area contributed by atoms with E-state index in [1.807, 2.05) is 34.7 Å². The Morgan fingerprint density at radius 2 is 1.76 bits per heavy atom. The molecule has 194 valence electrons. The highest BCUT2D eigenvalue weighted by Gasteiger charge is 2.24. The zero-order chi connectivity index (χ0) is 25.2. The van der Waals surface area contributed by atoms with Crippen LogP contribution in [0.1, 0.15) is 23.2 Å². The number of nitrogens with one attached hydrogen (secondary N) is 2. The number of carbonyl (C=O) groups excluding carboxylic acids is 1. The van der Waals surface area contributed by atoms with Gasteiger partial charge in [0.15, 0.2) is 5.65 Å². The van der Waals surface area contributed by atoms with E-state index in [2.05, 4.69) is 25.4 Å². The molecule has 3 aromatic heterocycles. The van der Waals surface area contributed by atoms with Crippen LogP contribution in [-0.4, -0.2) is 90.7 Å². The molecule has 2 aliphatic rings. The van der Waals surface area contributed by atoms with Crippen molar-refractivity contribution >= 4 is 49.0 Å². The van der Waals surface area contributed by atoms with Crippen LogP contribution in [0.5, 0.6) is 0 Å². The van der Waals surface area contributed by atoms with Gasteiger partial charge in [-0.25, -0.2) is 4.98 Å². The van der Waals surface area contributed by atoms with E-state index in [-0.39, 0.29) is 16.9 Å². The summed E-state index contributed by atoms with van der Waals surface area (Å²) >= 11 is 1.46. The molecule has 0 spiro atoms. The van der Waals surface area contributed by atoms with Crippen molar-refractivity contribution in [2.75, 3.05) is 70.9 Å². The summed E-state index contributed by atoms with van der Waals surface area (Å²) in [5.74, 6) is -0.337. The molecular weight excluding hydrogens is 488 g/mol. The summed E-state index contributed by atoms with van der Waals surface area (Å²) in [7, 11) is 0. The summed E-state index contributed by atoms with van der Waals surface area (Å²) in [4.78, 5) is 37.5. The summed E-state index contributed by atoms with van der Waals surface area (Å²) in [5, 5.41) is 6.94. The van der Waals surface area contributed by atoms with Crippen LogP contribution in [0.2, 0.25) is 0 Å². The van der Waals surface area contributed by atoms with Gasteiger partial charge >= 0.3 is 0 Å². The topological polar surface area (TPSA) is 91.2 Å². The first-order valence-corrected chi connectivity index (χ1v) is 13.9. The lowest BCUT2D eigenvalue weighted by Gasteiger charge is -2.26. The lowest BCUT2D eigenvalue weighted by Crippen LogP contribution is -2.42. The summed E-state index contributed by atoms with van der Waals surface area (Å²) in [6, 6.07) is 9.81. The van der Waals surface area contributed by atoms with Crippen molar-refractivity contribution in [3.05, 3.63) is 52.3 Å². The number of morpholine rings is 1. The molecule has 2 aliphatic heterocycles. The SMILES string of the molecule is O=C(NCCN1CCOCC1)c1c(=O)c2c(NCCN3CCCC3)ccnc2n2c1sc1ccccc12. The number of rotatable bonds is 8. The van der Waals surface area contributed by atoms with Gasteiger partial charge in [-0.05, 0) is 44.1 Å². The number of hydrogen-bond acceptors (Lipinski definition) is 8. The number of para-hydroxylation sites is 1. The summed E-state index contributed by atoms with van der Waals surface area (Å²) in [6.45, 7) is 8.23. The second kappa shape index (κ2) is 10.7. The highest BCUT2D eigenvalue weighted by molar-refractivity contribution is 7.24. The zero-order valence-corrected chi connectivity index (χ0v) is 21.7. The van der Waals surface area contributed by atoms with Gasteiger partial charge in [0.25, 0.3) is 5.91 Å². The smallest absolute Gasteiger partial charge is 0.258 e. The minimum absolute atomic E-state index is 0.186. The number of carbonyl (C=O) groups is 1. The van der Waals surface area contributed by atoms with Gasteiger partial charge in [0.05, 0.1) is 34.5 Å². The van der Waals surface area contributed by atoms with Crippen molar-refractivity contribution in [2.24, 2.45) is 0 Å². The Balaban J connectivity index is 1.38. The highest BCUT2D eigenvalue weighted by atomic mass is 32.1. The molecule has 1 amide bonds. The summed E-state index contributed by atoms with van der Waals surface area (Å²) in [6.07, 6.45) is 4.22. The van der Waals surface area contributed by atoms with Crippen LogP contribution in [0, 0.1) is 0 Å². The van der Waals surface area contributed by atoms with E-state index in [1.54, 1.807) is 6.20 Å². The molecule has 10 heteroatoms. The van der Waals surface area contributed by atoms with Crippen LogP contribution < -0.4 is 16.1 Å². The first-order valence-electron chi connectivity index (χ1n) is 13.1. The van der Waals surface area contributed by atoms with Gasteiger partial charge < -0.3 is 20.3 Å². The third-order valence-electron chi connectivity index (χ3n) is 7.31. The quantitative estimate of drug-likeness (QED) is 0.369. The van der Waals surface area contributed by atoms with Crippen LogP contribution in [0.15, 0.2) is 41.3 Å². The number of thiazole rings is 1. The number of hydrogen-bond donors (Lipinski definition) is 2. The standard InChI is InChI=1S/C27H32N6O3S/c34-24-22-19(28-9-13-31-11-3-4-12-31)7-8-29-25(22)33-20-5-1-2-6-21(20)37-27(33)23(24)26(35)30-10-14-32-15-17-36-18-16-32/h1-2,5-8H,3-4,9-18H2,(H,28,29)(H,30,35). The van der Waals surface area contributed by atoms with Gasteiger partial charge in [-0.15, -0.1) is 11.3 Å². The minimum Gasteiger partial charge on any atom is -0.383 e. The number of amides is 1. The molecule has 4 aromatic rings. The normalized spacial score (nSPS) is 17.2. The monoisotopic (exact) mass is 520 g/mol. The first-order chi connectivity index (χ1) is 18.2. The van der Waals surface area contributed by atoms with E-state index in [1.165, 1.54) is 24.2 Å². The fraction of sp³-hybridized carbons (Fsp3) is 0.444. The largest absolute Gasteiger partial charge is 0.383 e. The van der Waals surface area contributed by atoms with E-state index in [0.717, 1.165) is 61.7 Å². The Labute approximate surface area is 219 Å². The molecule has 0 saturated carbocycles. The number of anilines is 1. The van der Waals surface area contributed by atoms with Crippen molar-refractivity contribution in [1.82, 2.24) is 24.5 Å². The molecule has 0 aliphatic carbocycles. The van der Waals surface area contributed by atoms with Gasteiger partial charge in [0.1, 0.15) is 10.4 Å². The number of fused-ring (bicyclic) bond motifs is 5. The molecule has 2 N–H and O–H groups in total. The van der Waals surface area contributed by atoms with Crippen molar-refractivity contribution in [3.8, 4) is 0 Å². The number of likely N-dealkylation sites (tertiary alicyclic amines) is 1. The molecule has 1 aromatic carbocycles. The molecule has 37 heavy (non-hydrogen) atoms. The predicted octanol–water partition coefficient (Wildman–Crippen LogP) is 2.63. The third-order valence-corrected chi connectivity index (χ3v) is 8.46. The maximum atomic E-state index is 14.0. The van der Waals surface area contributed by atoms with Crippen LogP contribution in [0.3, 0.4) is 0 Å². The van der Waals surface area contributed by atoms with Crippen molar-refractivity contribution in [2.45, 2.75) is 12.8 Å². The molecule has 6 rings (SSSR count). The van der Waals surface area contributed by atoms with Crippen molar-refractivity contribution in [3.63, 3.8) is 0 Å². The van der Waals surface area contributed by atoms with Gasteiger partial charge in [-0.3, -0.25) is 18.9 Å². The molecule has 2 saturated heterocycles. The van der Waals surface area contributed by atoms with E-state index in [4.69, 9.17) is 4.74 Å². The molecule has 9 nitrogen and oxygen atoms in total. The first kappa shape index (κ1) is 24.3. The van der Waals surface area contributed by atoms with Crippen LogP contribution in [0.25, 0.3) is 26.1 Å². The van der Waals surface area contributed by atoms with Crippen LogP contribution in [-0.2, 0) is 4.74 Å². The average Bonchev–Trinajstić information content (AvgIpc) is 3.57. The summed E-state index contributed by atoms with van der Waals surface area (Å²) < 4.78 is 8.39. The Kier molecular flexibility index (Phi) is 7.06. The third kappa shape index (κ3) is 4.82. The van der Waals surface area contributed by atoms with Gasteiger partial charge in [0, 0.05) is 45.5 Å². The second-order valence-corrected chi connectivity index (χ2v) is 10.7. The second-order valence-electron chi connectivity index (χ2n) is 9.66. The van der Waals surface area contributed by atoms with Crippen molar-refractivity contribution < 1.29 is 9.53 Å². The lowest BCUT2D eigenvalue weighted by atomic mass is 10.1.